The predicted molar refractivity (Wildman–Crippen MR) is 97.2 cm³/mol. The predicted octanol–water partition coefficient (Wildman–Crippen LogP) is 3.73. The molecule has 0 unspecified atom stereocenters. The van der Waals surface area contributed by atoms with Gasteiger partial charge in [0.25, 0.3) is 11.8 Å². The second kappa shape index (κ2) is 7.45. The van der Waals surface area contributed by atoms with Gasteiger partial charge in [-0.2, -0.15) is 5.26 Å². The van der Waals surface area contributed by atoms with Gasteiger partial charge in [-0.3, -0.25) is 4.79 Å². The Balaban J connectivity index is 1.75. The van der Waals surface area contributed by atoms with Crippen LogP contribution in [0.4, 0.5) is 5.69 Å². The fourth-order valence-corrected chi connectivity index (χ4v) is 2.33. The second-order valence-electron chi connectivity index (χ2n) is 5.65. The van der Waals surface area contributed by atoms with Crippen molar-refractivity contribution in [1.82, 2.24) is 9.97 Å². The highest BCUT2D eigenvalue weighted by Gasteiger charge is 2.14. The quantitative estimate of drug-likeness (QED) is 0.720. The molecule has 6 nitrogen and oxygen atoms in total. The Morgan fingerprint density at radius 3 is 2.35 bits per heavy atom. The Morgan fingerprint density at radius 1 is 1.04 bits per heavy atom. The molecule has 0 atom stereocenters. The van der Waals surface area contributed by atoms with E-state index >= 15 is 0 Å². The van der Waals surface area contributed by atoms with Crippen LogP contribution in [-0.2, 0) is 0 Å². The summed E-state index contributed by atoms with van der Waals surface area (Å²) in [7, 11) is 1.72. The third-order valence-corrected chi connectivity index (χ3v) is 3.81. The Bertz CT molecular complexity index is 960. The van der Waals surface area contributed by atoms with Crippen molar-refractivity contribution in [2.24, 2.45) is 0 Å². The van der Waals surface area contributed by atoms with Gasteiger partial charge in [0.05, 0.1) is 0 Å². The fourth-order valence-electron chi connectivity index (χ4n) is 2.33. The molecule has 0 bridgehead atoms. The number of hydrogen-bond acceptors (Lipinski definition) is 5. The van der Waals surface area contributed by atoms with Crippen molar-refractivity contribution in [3.63, 3.8) is 0 Å². The van der Waals surface area contributed by atoms with Gasteiger partial charge >= 0.3 is 0 Å². The maximum atomic E-state index is 12.6. The standard InChI is InChI=1S/C20H16N4O2/c1-14-3-5-15(6-4-14)20(25)24(2)16-7-9-17(10-8-16)26-19-18(13-21)22-11-12-23-19/h3-12H,1-2H3. The number of benzene rings is 2. The van der Waals surface area contributed by atoms with Crippen molar-refractivity contribution in [1.29, 1.82) is 5.26 Å². The van der Waals surface area contributed by atoms with Gasteiger partial charge in [-0.25, -0.2) is 9.97 Å². The summed E-state index contributed by atoms with van der Waals surface area (Å²) in [6.45, 7) is 1.98. The lowest BCUT2D eigenvalue weighted by molar-refractivity contribution is 0.0993. The first-order valence-corrected chi connectivity index (χ1v) is 7.92. The van der Waals surface area contributed by atoms with Crippen LogP contribution in [0.3, 0.4) is 0 Å². The molecule has 128 valence electrons. The van der Waals surface area contributed by atoms with Crippen molar-refractivity contribution >= 4 is 11.6 Å². The molecule has 0 aliphatic rings. The van der Waals surface area contributed by atoms with Crippen LogP contribution < -0.4 is 9.64 Å². The maximum absolute atomic E-state index is 12.6. The van der Waals surface area contributed by atoms with Crippen LogP contribution in [0, 0.1) is 18.3 Å². The molecule has 0 aliphatic heterocycles. The number of aromatic nitrogens is 2. The highest BCUT2D eigenvalue weighted by Crippen LogP contribution is 2.24. The molecule has 1 amide bonds. The zero-order chi connectivity index (χ0) is 18.5. The summed E-state index contributed by atoms with van der Waals surface area (Å²) >= 11 is 0. The molecule has 1 heterocycles. The van der Waals surface area contributed by atoms with Crippen LogP contribution in [0.5, 0.6) is 11.6 Å². The summed E-state index contributed by atoms with van der Waals surface area (Å²) in [5.41, 5.74) is 2.56. The number of anilines is 1. The molecule has 0 spiro atoms. The smallest absolute Gasteiger partial charge is 0.258 e. The van der Waals surface area contributed by atoms with Gasteiger partial charge in [-0.15, -0.1) is 0 Å². The summed E-state index contributed by atoms with van der Waals surface area (Å²) in [5, 5.41) is 9.02. The monoisotopic (exact) mass is 344 g/mol. The van der Waals surface area contributed by atoms with E-state index in [2.05, 4.69) is 9.97 Å². The number of carbonyl (C=O) groups excluding carboxylic acids is 1. The number of hydrogen-bond donors (Lipinski definition) is 0. The minimum absolute atomic E-state index is 0.0978. The number of nitriles is 1. The molecule has 0 aliphatic carbocycles. The van der Waals surface area contributed by atoms with Crippen LogP contribution in [-0.4, -0.2) is 22.9 Å². The first-order valence-electron chi connectivity index (χ1n) is 7.92. The summed E-state index contributed by atoms with van der Waals surface area (Å²) in [6, 6.07) is 16.3. The summed E-state index contributed by atoms with van der Waals surface area (Å²) in [6.07, 6.45) is 2.89. The zero-order valence-corrected chi connectivity index (χ0v) is 14.4. The van der Waals surface area contributed by atoms with E-state index in [9.17, 15) is 4.79 Å². The first kappa shape index (κ1) is 17.1. The lowest BCUT2D eigenvalue weighted by Crippen LogP contribution is -2.26. The molecule has 26 heavy (non-hydrogen) atoms. The number of aryl methyl sites for hydroxylation is 1. The molecule has 2 aromatic carbocycles. The molecule has 0 fully saturated rings. The van der Waals surface area contributed by atoms with Crippen LogP contribution in [0.15, 0.2) is 60.9 Å². The van der Waals surface area contributed by atoms with Crippen molar-refractivity contribution in [2.45, 2.75) is 6.92 Å². The molecule has 6 heteroatoms. The topological polar surface area (TPSA) is 79.1 Å². The maximum Gasteiger partial charge on any atom is 0.258 e. The summed E-state index contributed by atoms with van der Waals surface area (Å²) < 4.78 is 5.59. The van der Waals surface area contributed by atoms with Gasteiger partial charge in [0.2, 0.25) is 5.69 Å². The Labute approximate surface area is 151 Å². The van der Waals surface area contributed by atoms with Crippen molar-refractivity contribution in [2.75, 3.05) is 11.9 Å². The summed E-state index contributed by atoms with van der Waals surface area (Å²) in [5.74, 6) is 0.549. The SMILES string of the molecule is Cc1ccc(C(=O)N(C)c2ccc(Oc3nccnc3C#N)cc2)cc1. The highest BCUT2D eigenvalue weighted by molar-refractivity contribution is 6.05. The van der Waals surface area contributed by atoms with E-state index in [0.717, 1.165) is 11.3 Å². The second-order valence-corrected chi connectivity index (χ2v) is 5.65. The highest BCUT2D eigenvalue weighted by atomic mass is 16.5. The van der Waals surface area contributed by atoms with Crippen molar-refractivity contribution < 1.29 is 9.53 Å². The third-order valence-electron chi connectivity index (χ3n) is 3.81. The van der Waals surface area contributed by atoms with E-state index < -0.39 is 0 Å². The minimum atomic E-state index is -0.0978. The van der Waals surface area contributed by atoms with Gasteiger partial charge in [-0.05, 0) is 43.3 Å². The van der Waals surface area contributed by atoms with E-state index in [0.29, 0.717) is 11.3 Å². The number of amides is 1. The van der Waals surface area contributed by atoms with Gasteiger partial charge < -0.3 is 9.64 Å². The lowest BCUT2D eigenvalue weighted by Gasteiger charge is -2.18. The fraction of sp³-hybridized carbons (Fsp3) is 0.100. The number of rotatable bonds is 4. The lowest BCUT2D eigenvalue weighted by atomic mass is 10.1. The average molecular weight is 344 g/mol. The minimum Gasteiger partial charge on any atom is -0.436 e. The Morgan fingerprint density at radius 2 is 1.69 bits per heavy atom. The van der Waals surface area contributed by atoms with E-state index in [4.69, 9.17) is 10.00 Å². The molecule has 0 saturated heterocycles. The van der Waals surface area contributed by atoms with E-state index in [1.807, 2.05) is 37.3 Å². The number of ether oxygens (including phenoxy) is 1. The number of nitrogens with zero attached hydrogens (tertiary/aromatic N) is 4. The van der Waals surface area contributed by atoms with Crippen molar-refractivity contribution in [3.8, 4) is 17.7 Å². The van der Waals surface area contributed by atoms with Crippen LogP contribution >= 0.6 is 0 Å². The van der Waals surface area contributed by atoms with E-state index in [-0.39, 0.29) is 17.5 Å². The molecule has 3 aromatic rings. The van der Waals surface area contributed by atoms with Crippen LogP contribution in [0.25, 0.3) is 0 Å². The largest absolute Gasteiger partial charge is 0.436 e. The van der Waals surface area contributed by atoms with Crippen LogP contribution in [0.1, 0.15) is 21.6 Å². The molecule has 1 aromatic heterocycles. The molecule has 0 N–H and O–H groups in total. The Kier molecular flexibility index (Phi) is 4.90. The molecular weight excluding hydrogens is 328 g/mol. The third kappa shape index (κ3) is 3.68. The zero-order valence-electron chi connectivity index (χ0n) is 14.4. The molecule has 0 radical (unpaired) electrons. The van der Waals surface area contributed by atoms with Crippen LogP contribution in [0.2, 0.25) is 0 Å². The van der Waals surface area contributed by atoms with Gasteiger partial charge in [-0.1, -0.05) is 17.7 Å². The Hall–Kier alpha value is -3.72. The average Bonchev–Trinajstić information content (AvgIpc) is 2.68. The number of carbonyl (C=O) groups is 1. The molecule has 3 rings (SSSR count). The molecule has 0 saturated carbocycles. The van der Waals surface area contributed by atoms with Gasteiger partial charge in [0.15, 0.2) is 0 Å². The normalized spacial score (nSPS) is 10.0. The van der Waals surface area contributed by atoms with Crippen molar-refractivity contribution in [3.05, 3.63) is 77.7 Å². The van der Waals surface area contributed by atoms with Gasteiger partial charge in [0.1, 0.15) is 11.8 Å². The first-order chi connectivity index (χ1) is 12.6. The van der Waals surface area contributed by atoms with E-state index in [1.165, 1.54) is 12.4 Å². The van der Waals surface area contributed by atoms with Gasteiger partial charge in [0, 0.05) is 30.7 Å². The molecular formula is C20H16N4O2. The van der Waals surface area contributed by atoms with E-state index in [1.54, 1.807) is 36.2 Å². The summed E-state index contributed by atoms with van der Waals surface area (Å²) in [4.78, 5) is 22.0.